The Labute approximate surface area is 121 Å². The summed E-state index contributed by atoms with van der Waals surface area (Å²) >= 11 is 1.78. The van der Waals surface area contributed by atoms with E-state index >= 15 is 0 Å². The molecule has 1 aliphatic rings. The second-order valence-corrected chi connectivity index (χ2v) is 6.35. The number of rotatable bonds is 6. The van der Waals surface area contributed by atoms with Gasteiger partial charge in [-0.15, -0.1) is 11.8 Å². The Kier molecular flexibility index (Phi) is 6.21. The van der Waals surface area contributed by atoms with Crippen LogP contribution in [0.25, 0.3) is 0 Å². The number of hydrogen-bond donors (Lipinski definition) is 2. The van der Waals surface area contributed by atoms with Gasteiger partial charge >= 0.3 is 0 Å². The highest BCUT2D eigenvalue weighted by molar-refractivity contribution is 7.98. The van der Waals surface area contributed by atoms with Crippen molar-refractivity contribution in [1.82, 2.24) is 5.32 Å². The minimum absolute atomic E-state index is 0.356. The van der Waals surface area contributed by atoms with E-state index in [0.717, 1.165) is 13.1 Å². The predicted molar refractivity (Wildman–Crippen MR) is 82.5 cm³/mol. The summed E-state index contributed by atoms with van der Waals surface area (Å²) in [7, 11) is 0. The highest BCUT2D eigenvalue weighted by Crippen LogP contribution is 2.29. The van der Waals surface area contributed by atoms with Crippen molar-refractivity contribution in [3.05, 3.63) is 29.8 Å². The topological polar surface area (TPSA) is 32.3 Å². The maximum Gasteiger partial charge on any atom is 0.0462 e. The fraction of sp³-hybridized carbons (Fsp3) is 0.625. The summed E-state index contributed by atoms with van der Waals surface area (Å²) in [5.74, 6) is 1.17. The van der Waals surface area contributed by atoms with E-state index in [0.29, 0.717) is 18.4 Å². The number of aliphatic hydroxyl groups excluding tert-OH is 1. The fourth-order valence-electron chi connectivity index (χ4n) is 2.94. The summed E-state index contributed by atoms with van der Waals surface area (Å²) < 4.78 is 0. The van der Waals surface area contributed by atoms with E-state index in [1.165, 1.54) is 36.1 Å². The lowest BCUT2D eigenvalue weighted by atomic mass is 9.79. The molecule has 2 atom stereocenters. The molecule has 2 nitrogen and oxygen atoms in total. The molecule has 19 heavy (non-hydrogen) atoms. The van der Waals surface area contributed by atoms with Crippen LogP contribution in [-0.2, 0) is 6.54 Å². The van der Waals surface area contributed by atoms with Crippen LogP contribution < -0.4 is 5.32 Å². The Morgan fingerprint density at radius 3 is 2.47 bits per heavy atom. The first-order valence-corrected chi connectivity index (χ1v) is 8.50. The van der Waals surface area contributed by atoms with Crippen LogP contribution in [0.4, 0.5) is 0 Å². The van der Waals surface area contributed by atoms with Gasteiger partial charge in [0.05, 0.1) is 0 Å². The predicted octanol–water partition coefficient (Wildman–Crippen LogP) is 3.30. The van der Waals surface area contributed by atoms with E-state index in [9.17, 15) is 5.11 Å². The van der Waals surface area contributed by atoms with Gasteiger partial charge in [0.1, 0.15) is 0 Å². The second-order valence-electron chi connectivity index (χ2n) is 5.47. The molecule has 0 saturated heterocycles. The highest BCUT2D eigenvalue weighted by atomic mass is 32.2. The van der Waals surface area contributed by atoms with Crippen molar-refractivity contribution in [2.24, 2.45) is 11.8 Å². The van der Waals surface area contributed by atoms with Crippen molar-refractivity contribution in [3.63, 3.8) is 0 Å². The first-order valence-electron chi connectivity index (χ1n) is 7.28. The highest BCUT2D eigenvalue weighted by Gasteiger charge is 2.23. The van der Waals surface area contributed by atoms with E-state index in [2.05, 4.69) is 35.8 Å². The Morgan fingerprint density at radius 1 is 1.16 bits per heavy atom. The molecule has 2 rings (SSSR count). The average molecular weight is 279 g/mol. The molecule has 0 aliphatic heterocycles. The third-order valence-electron chi connectivity index (χ3n) is 4.20. The van der Waals surface area contributed by atoms with Gasteiger partial charge in [-0.3, -0.25) is 0 Å². The van der Waals surface area contributed by atoms with Crippen molar-refractivity contribution in [2.45, 2.75) is 37.1 Å². The summed E-state index contributed by atoms with van der Waals surface area (Å²) in [5.41, 5.74) is 1.34. The van der Waals surface area contributed by atoms with Crippen molar-refractivity contribution in [3.8, 4) is 0 Å². The van der Waals surface area contributed by atoms with E-state index in [1.54, 1.807) is 11.8 Å². The average Bonchev–Trinajstić information content (AvgIpc) is 2.48. The normalized spacial score (nSPS) is 23.5. The molecule has 1 aromatic carbocycles. The van der Waals surface area contributed by atoms with Crippen molar-refractivity contribution < 1.29 is 5.11 Å². The molecule has 0 aromatic heterocycles. The van der Waals surface area contributed by atoms with E-state index in [1.807, 2.05) is 0 Å². The van der Waals surface area contributed by atoms with Gasteiger partial charge in [0.2, 0.25) is 0 Å². The van der Waals surface area contributed by atoms with E-state index in [4.69, 9.17) is 0 Å². The minimum Gasteiger partial charge on any atom is -0.396 e. The van der Waals surface area contributed by atoms with Crippen LogP contribution in [0.5, 0.6) is 0 Å². The van der Waals surface area contributed by atoms with Gasteiger partial charge in [-0.25, -0.2) is 0 Å². The Hall–Kier alpha value is -0.510. The lowest BCUT2D eigenvalue weighted by molar-refractivity contribution is 0.133. The van der Waals surface area contributed by atoms with E-state index in [-0.39, 0.29) is 0 Å². The largest absolute Gasteiger partial charge is 0.396 e. The van der Waals surface area contributed by atoms with Crippen LogP contribution in [0.1, 0.15) is 31.2 Å². The summed E-state index contributed by atoms with van der Waals surface area (Å²) in [6.07, 6.45) is 7.18. The van der Waals surface area contributed by atoms with Crippen molar-refractivity contribution in [1.29, 1.82) is 0 Å². The van der Waals surface area contributed by atoms with Crippen LogP contribution in [0.2, 0.25) is 0 Å². The Bertz CT molecular complexity index is 366. The van der Waals surface area contributed by atoms with Gasteiger partial charge in [0.25, 0.3) is 0 Å². The standard InChI is InChI=1S/C16H25NOS/c1-19-16-8-6-13(7-9-16)10-17-11-14-4-2-3-5-15(14)12-18/h6-9,14-15,17-18H,2-5,10-12H2,1H3. The molecule has 1 aromatic rings. The van der Waals surface area contributed by atoms with Gasteiger partial charge in [-0.1, -0.05) is 25.0 Å². The second kappa shape index (κ2) is 7.93. The molecule has 0 radical (unpaired) electrons. The first kappa shape index (κ1) is 14.9. The van der Waals surface area contributed by atoms with Gasteiger partial charge in [0, 0.05) is 18.0 Å². The zero-order chi connectivity index (χ0) is 13.5. The summed E-state index contributed by atoms with van der Waals surface area (Å²) in [4.78, 5) is 1.32. The number of benzene rings is 1. The molecule has 1 saturated carbocycles. The summed E-state index contributed by atoms with van der Waals surface area (Å²) in [5, 5.41) is 13.0. The van der Waals surface area contributed by atoms with Crippen molar-refractivity contribution >= 4 is 11.8 Å². The number of nitrogens with one attached hydrogen (secondary N) is 1. The van der Waals surface area contributed by atoms with Gasteiger partial charge in [-0.2, -0.15) is 0 Å². The van der Waals surface area contributed by atoms with Crippen LogP contribution in [-0.4, -0.2) is 24.5 Å². The minimum atomic E-state index is 0.356. The molecule has 1 fully saturated rings. The number of aliphatic hydroxyl groups is 1. The molecule has 3 heteroatoms. The van der Waals surface area contributed by atoms with E-state index < -0.39 is 0 Å². The lowest BCUT2D eigenvalue weighted by Gasteiger charge is -2.30. The number of hydrogen-bond acceptors (Lipinski definition) is 3. The summed E-state index contributed by atoms with van der Waals surface area (Å²) in [6.45, 7) is 2.33. The molecule has 106 valence electrons. The number of thioether (sulfide) groups is 1. The molecule has 0 spiro atoms. The van der Waals surface area contributed by atoms with Crippen LogP contribution >= 0.6 is 11.8 Å². The molecule has 2 unspecified atom stereocenters. The molecular formula is C16H25NOS. The molecule has 0 amide bonds. The summed E-state index contributed by atoms with van der Waals surface area (Å²) in [6, 6.07) is 8.75. The van der Waals surface area contributed by atoms with Crippen LogP contribution in [0.3, 0.4) is 0 Å². The lowest BCUT2D eigenvalue weighted by Crippen LogP contribution is -2.32. The molecule has 0 heterocycles. The smallest absolute Gasteiger partial charge is 0.0462 e. The van der Waals surface area contributed by atoms with Crippen molar-refractivity contribution in [2.75, 3.05) is 19.4 Å². The van der Waals surface area contributed by atoms with Gasteiger partial charge in [0.15, 0.2) is 0 Å². The zero-order valence-corrected chi connectivity index (χ0v) is 12.6. The van der Waals surface area contributed by atoms with Gasteiger partial charge < -0.3 is 10.4 Å². The molecular weight excluding hydrogens is 254 g/mol. The monoisotopic (exact) mass is 279 g/mol. The van der Waals surface area contributed by atoms with Crippen LogP contribution in [0.15, 0.2) is 29.2 Å². The Balaban J connectivity index is 1.75. The molecule has 1 aliphatic carbocycles. The maximum absolute atomic E-state index is 9.41. The zero-order valence-electron chi connectivity index (χ0n) is 11.8. The fourth-order valence-corrected chi connectivity index (χ4v) is 3.35. The quantitative estimate of drug-likeness (QED) is 0.784. The van der Waals surface area contributed by atoms with Gasteiger partial charge in [-0.05, 0) is 55.2 Å². The first-order chi connectivity index (χ1) is 9.33. The maximum atomic E-state index is 9.41. The SMILES string of the molecule is CSc1ccc(CNCC2CCCCC2CO)cc1. The Morgan fingerprint density at radius 2 is 1.84 bits per heavy atom. The molecule has 2 N–H and O–H groups in total. The third kappa shape index (κ3) is 4.51. The third-order valence-corrected chi connectivity index (χ3v) is 4.94. The van der Waals surface area contributed by atoms with Crippen LogP contribution in [0, 0.1) is 11.8 Å². The molecule has 0 bridgehead atoms.